The van der Waals surface area contributed by atoms with Gasteiger partial charge in [0, 0.05) is 44.3 Å². The minimum absolute atomic E-state index is 0.0960. The first-order valence-corrected chi connectivity index (χ1v) is 10.6. The van der Waals surface area contributed by atoms with Crippen LogP contribution in [0.5, 0.6) is 0 Å². The molecule has 2 aromatic rings. The number of carbonyl (C=O) groups excluding carboxylic acids is 2. The fourth-order valence-corrected chi connectivity index (χ4v) is 4.42. The van der Waals surface area contributed by atoms with E-state index < -0.39 is 0 Å². The van der Waals surface area contributed by atoms with E-state index in [1.54, 1.807) is 6.07 Å². The quantitative estimate of drug-likeness (QED) is 0.763. The molecule has 0 N–H and O–H groups in total. The van der Waals surface area contributed by atoms with Crippen molar-refractivity contribution in [3.05, 3.63) is 65.5 Å². The number of hydrogen-bond donors (Lipinski definition) is 0. The number of piperazine rings is 1. The molecule has 2 amide bonds. The molecule has 6 heteroatoms. The van der Waals surface area contributed by atoms with Gasteiger partial charge in [-0.2, -0.15) is 0 Å². The average molecular weight is 410 g/mol. The van der Waals surface area contributed by atoms with Gasteiger partial charge >= 0.3 is 0 Å². The zero-order chi connectivity index (χ0) is 21.1. The van der Waals surface area contributed by atoms with E-state index in [1.165, 1.54) is 17.7 Å². The van der Waals surface area contributed by atoms with Gasteiger partial charge in [-0.1, -0.05) is 37.3 Å². The number of anilines is 1. The summed E-state index contributed by atoms with van der Waals surface area (Å²) in [7, 11) is 0. The molecule has 0 spiro atoms. The number of halogens is 1. The van der Waals surface area contributed by atoms with Gasteiger partial charge in [-0.05, 0) is 42.2 Å². The molecule has 0 radical (unpaired) electrons. The number of nitrogens with zero attached hydrogens (tertiary/aromatic N) is 3. The van der Waals surface area contributed by atoms with Gasteiger partial charge in [0.15, 0.2) is 0 Å². The summed E-state index contributed by atoms with van der Waals surface area (Å²) >= 11 is 0. The van der Waals surface area contributed by atoms with Gasteiger partial charge in [0.1, 0.15) is 5.82 Å². The molecule has 0 saturated carbocycles. The summed E-state index contributed by atoms with van der Waals surface area (Å²) < 4.78 is 13.4. The lowest BCUT2D eigenvalue weighted by Crippen LogP contribution is -2.52. The fourth-order valence-electron chi connectivity index (χ4n) is 4.42. The Kier molecular flexibility index (Phi) is 6.13. The minimum Gasteiger partial charge on any atom is -0.340 e. The van der Waals surface area contributed by atoms with Crippen LogP contribution in [0, 0.1) is 11.7 Å². The van der Waals surface area contributed by atoms with Crippen molar-refractivity contribution in [2.24, 2.45) is 5.92 Å². The zero-order valence-electron chi connectivity index (χ0n) is 17.4. The van der Waals surface area contributed by atoms with Crippen LogP contribution in [0.4, 0.5) is 10.1 Å². The number of carbonyl (C=O) groups is 2. The Morgan fingerprint density at radius 3 is 2.53 bits per heavy atom. The summed E-state index contributed by atoms with van der Waals surface area (Å²) in [4.78, 5) is 31.5. The normalized spacial score (nSPS) is 17.7. The Morgan fingerprint density at radius 2 is 1.77 bits per heavy atom. The van der Waals surface area contributed by atoms with Crippen LogP contribution in [0.1, 0.15) is 18.1 Å². The molecule has 4 rings (SSSR count). The standard InChI is InChI=1S/C24H28FN3O2/c1-18(15-19-5-4-7-21(25)16-19)24(30)27-13-11-26(12-14-27)17-23(29)28-10-9-20-6-2-3-8-22(20)28/h2-8,16,18H,9-15,17H2,1H3. The van der Waals surface area contributed by atoms with Gasteiger partial charge < -0.3 is 9.80 Å². The average Bonchev–Trinajstić information content (AvgIpc) is 3.18. The highest BCUT2D eigenvalue weighted by molar-refractivity contribution is 5.96. The van der Waals surface area contributed by atoms with Crippen molar-refractivity contribution in [3.63, 3.8) is 0 Å². The van der Waals surface area contributed by atoms with E-state index in [4.69, 9.17) is 0 Å². The van der Waals surface area contributed by atoms with E-state index >= 15 is 0 Å². The smallest absolute Gasteiger partial charge is 0.241 e. The summed E-state index contributed by atoms with van der Waals surface area (Å²) in [6.07, 6.45) is 1.44. The predicted molar refractivity (Wildman–Crippen MR) is 115 cm³/mol. The minimum atomic E-state index is -0.272. The van der Waals surface area contributed by atoms with Crippen molar-refractivity contribution in [3.8, 4) is 0 Å². The number of amides is 2. The molecular formula is C24H28FN3O2. The van der Waals surface area contributed by atoms with E-state index in [9.17, 15) is 14.0 Å². The lowest BCUT2D eigenvalue weighted by Gasteiger charge is -2.36. The summed E-state index contributed by atoms with van der Waals surface area (Å²) in [5.74, 6) is -0.245. The Morgan fingerprint density at radius 1 is 1.00 bits per heavy atom. The third kappa shape index (κ3) is 4.54. The molecular weight excluding hydrogens is 381 g/mol. The molecule has 2 aliphatic heterocycles. The highest BCUT2D eigenvalue weighted by Crippen LogP contribution is 2.27. The maximum Gasteiger partial charge on any atom is 0.241 e. The first kappa shape index (κ1) is 20.5. The Hall–Kier alpha value is -2.73. The van der Waals surface area contributed by atoms with Gasteiger partial charge in [-0.3, -0.25) is 14.5 Å². The molecule has 2 heterocycles. The molecule has 2 aromatic carbocycles. The summed E-state index contributed by atoms with van der Waals surface area (Å²) in [6.45, 7) is 5.66. The van der Waals surface area contributed by atoms with Crippen LogP contribution in [-0.2, 0) is 22.4 Å². The Labute approximate surface area is 177 Å². The maximum absolute atomic E-state index is 13.4. The van der Waals surface area contributed by atoms with Crippen LogP contribution < -0.4 is 4.90 Å². The SMILES string of the molecule is CC(Cc1cccc(F)c1)C(=O)N1CCN(CC(=O)N2CCc3ccccc32)CC1. The van der Waals surface area contributed by atoms with Crippen LogP contribution in [0.2, 0.25) is 0 Å². The third-order valence-electron chi connectivity index (χ3n) is 6.08. The number of para-hydroxylation sites is 1. The molecule has 1 fully saturated rings. The monoisotopic (exact) mass is 409 g/mol. The topological polar surface area (TPSA) is 43.9 Å². The van der Waals surface area contributed by atoms with Crippen molar-refractivity contribution in [2.75, 3.05) is 44.2 Å². The number of rotatable bonds is 5. The van der Waals surface area contributed by atoms with Gasteiger partial charge in [-0.15, -0.1) is 0 Å². The number of hydrogen-bond acceptors (Lipinski definition) is 3. The third-order valence-corrected chi connectivity index (χ3v) is 6.08. The first-order valence-electron chi connectivity index (χ1n) is 10.6. The second kappa shape index (κ2) is 8.96. The molecule has 0 aromatic heterocycles. The van der Waals surface area contributed by atoms with E-state index in [2.05, 4.69) is 11.0 Å². The molecule has 1 saturated heterocycles. The lowest BCUT2D eigenvalue weighted by molar-refractivity contribution is -0.136. The van der Waals surface area contributed by atoms with Crippen molar-refractivity contribution in [1.82, 2.24) is 9.80 Å². The zero-order valence-corrected chi connectivity index (χ0v) is 17.4. The van der Waals surface area contributed by atoms with Crippen LogP contribution in [0.3, 0.4) is 0 Å². The van der Waals surface area contributed by atoms with Crippen LogP contribution in [0.25, 0.3) is 0 Å². The second-order valence-electron chi connectivity index (χ2n) is 8.26. The molecule has 158 valence electrons. The van der Waals surface area contributed by atoms with E-state index in [1.807, 2.05) is 41.0 Å². The Balaban J connectivity index is 1.26. The predicted octanol–water partition coefficient (Wildman–Crippen LogP) is 2.74. The molecule has 0 bridgehead atoms. The molecule has 30 heavy (non-hydrogen) atoms. The van der Waals surface area contributed by atoms with E-state index in [0.29, 0.717) is 39.1 Å². The van der Waals surface area contributed by atoms with Crippen LogP contribution >= 0.6 is 0 Å². The summed E-state index contributed by atoms with van der Waals surface area (Å²) in [5, 5.41) is 0. The lowest BCUT2D eigenvalue weighted by atomic mass is 9.99. The van der Waals surface area contributed by atoms with Crippen molar-refractivity contribution in [2.45, 2.75) is 19.8 Å². The summed E-state index contributed by atoms with van der Waals surface area (Å²) in [5.41, 5.74) is 3.10. The van der Waals surface area contributed by atoms with Crippen LogP contribution in [-0.4, -0.2) is 60.9 Å². The van der Waals surface area contributed by atoms with E-state index in [-0.39, 0.29) is 23.5 Å². The highest BCUT2D eigenvalue weighted by Gasteiger charge is 2.29. The Bertz CT molecular complexity index is 924. The first-order chi connectivity index (χ1) is 14.5. The van der Waals surface area contributed by atoms with Gasteiger partial charge in [0.2, 0.25) is 11.8 Å². The number of benzene rings is 2. The molecule has 2 aliphatic rings. The molecule has 1 unspecified atom stereocenters. The largest absolute Gasteiger partial charge is 0.340 e. The van der Waals surface area contributed by atoms with Gasteiger partial charge in [-0.25, -0.2) is 4.39 Å². The van der Waals surface area contributed by atoms with Crippen molar-refractivity contribution >= 4 is 17.5 Å². The maximum atomic E-state index is 13.4. The molecule has 5 nitrogen and oxygen atoms in total. The molecule has 1 atom stereocenters. The van der Waals surface area contributed by atoms with Crippen molar-refractivity contribution < 1.29 is 14.0 Å². The molecule has 0 aliphatic carbocycles. The van der Waals surface area contributed by atoms with E-state index in [0.717, 1.165) is 24.2 Å². The van der Waals surface area contributed by atoms with Gasteiger partial charge in [0.25, 0.3) is 0 Å². The fraction of sp³-hybridized carbons (Fsp3) is 0.417. The summed E-state index contributed by atoms with van der Waals surface area (Å²) in [6, 6.07) is 14.5. The van der Waals surface area contributed by atoms with Gasteiger partial charge in [0.05, 0.1) is 6.54 Å². The highest BCUT2D eigenvalue weighted by atomic mass is 19.1. The van der Waals surface area contributed by atoms with Crippen molar-refractivity contribution in [1.29, 1.82) is 0 Å². The van der Waals surface area contributed by atoms with Crippen LogP contribution in [0.15, 0.2) is 48.5 Å². The number of fused-ring (bicyclic) bond motifs is 1. The second-order valence-corrected chi connectivity index (χ2v) is 8.26.